The van der Waals surface area contributed by atoms with E-state index in [9.17, 15) is 35.1 Å². The summed E-state index contributed by atoms with van der Waals surface area (Å²) in [5, 5.41) is 48.5. The lowest BCUT2D eigenvalue weighted by Crippen LogP contribution is -2.59. The van der Waals surface area contributed by atoms with E-state index in [1.165, 1.54) is 0 Å². The molecule has 2 saturated heterocycles. The van der Waals surface area contributed by atoms with Gasteiger partial charge in [0, 0.05) is 6.42 Å². The van der Waals surface area contributed by atoms with Crippen molar-refractivity contribution < 1.29 is 49.3 Å². The van der Waals surface area contributed by atoms with Gasteiger partial charge in [0.1, 0.15) is 30.5 Å². The first-order valence-corrected chi connectivity index (χ1v) is 10.6. The molecule has 10 nitrogen and oxygen atoms in total. The van der Waals surface area contributed by atoms with Gasteiger partial charge in [-0.2, -0.15) is 0 Å². The van der Waals surface area contributed by atoms with Crippen LogP contribution in [0, 0.1) is 17.8 Å². The summed E-state index contributed by atoms with van der Waals surface area (Å²) in [5.74, 6) is -2.57. The second-order valence-corrected chi connectivity index (χ2v) is 8.60. The topological polar surface area (TPSA) is 163 Å². The van der Waals surface area contributed by atoms with Crippen LogP contribution < -0.4 is 0 Å². The van der Waals surface area contributed by atoms with Gasteiger partial charge < -0.3 is 39.7 Å². The van der Waals surface area contributed by atoms with Crippen molar-refractivity contribution in [3.05, 3.63) is 11.6 Å². The standard InChI is InChI=1S/C21H34O10/c1-10(6-14-7-11(2)20(28)30-14)4-5-13(12(3)19(26)27)9-29-21-18(25)17(24)16(23)15(8-22)31-21/h4,11-18,21-25H,5-9H2,1-3H3,(H,26,27)/b10-4-/t11-,12-,13+,14+,15+,16-,17-,18+,21-/m1/s1. The largest absolute Gasteiger partial charge is 0.481 e. The van der Waals surface area contributed by atoms with Crippen molar-refractivity contribution >= 4 is 11.9 Å². The van der Waals surface area contributed by atoms with E-state index in [1.807, 2.05) is 19.9 Å². The maximum absolute atomic E-state index is 11.5. The van der Waals surface area contributed by atoms with Gasteiger partial charge in [-0.25, -0.2) is 0 Å². The predicted octanol–water partition coefficient (Wildman–Crippen LogP) is -0.182. The molecule has 2 rings (SSSR count). The van der Waals surface area contributed by atoms with Crippen LogP contribution in [0.1, 0.15) is 40.0 Å². The monoisotopic (exact) mass is 446 g/mol. The van der Waals surface area contributed by atoms with E-state index >= 15 is 0 Å². The van der Waals surface area contributed by atoms with E-state index in [-0.39, 0.29) is 24.6 Å². The van der Waals surface area contributed by atoms with E-state index in [1.54, 1.807) is 6.92 Å². The van der Waals surface area contributed by atoms with Gasteiger partial charge in [-0.3, -0.25) is 9.59 Å². The third-order valence-corrected chi connectivity index (χ3v) is 6.04. The first-order valence-electron chi connectivity index (χ1n) is 10.6. The number of cyclic esters (lactones) is 1. The summed E-state index contributed by atoms with van der Waals surface area (Å²) in [6.07, 6.45) is -3.73. The van der Waals surface area contributed by atoms with Crippen molar-refractivity contribution in [3.63, 3.8) is 0 Å². The number of esters is 1. The van der Waals surface area contributed by atoms with Crippen LogP contribution in [0.25, 0.3) is 0 Å². The molecule has 0 aromatic heterocycles. The van der Waals surface area contributed by atoms with Crippen molar-refractivity contribution in [2.75, 3.05) is 13.2 Å². The average molecular weight is 446 g/mol. The molecule has 9 atom stereocenters. The highest BCUT2D eigenvalue weighted by molar-refractivity contribution is 5.74. The number of rotatable bonds is 10. The summed E-state index contributed by atoms with van der Waals surface area (Å²) in [6, 6.07) is 0. The summed E-state index contributed by atoms with van der Waals surface area (Å²) in [4.78, 5) is 23.1. The lowest BCUT2D eigenvalue weighted by Gasteiger charge is -2.40. The van der Waals surface area contributed by atoms with Crippen molar-refractivity contribution in [1.29, 1.82) is 0 Å². The third kappa shape index (κ3) is 6.71. The van der Waals surface area contributed by atoms with Crippen molar-refractivity contribution in [2.24, 2.45) is 17.8 Å². The zero-order chi connectivity index (χ0) is 23.3. The summed E-state index contributed by atoms with van der Waals surface area (Å²) < 4.78 is 16.2. The third-order valence-electron chi connectivity index (χ3n) is 6.04. The lowest BCUT2D eigenvalue weighted by atomic mass is 9.90. The molecule has 2 aliphatic rings. The highest BCUT2D eigenvalue weighted by Crippen LogP contribution is 2.27. The fraction of sp³-hybridized carbons (Fsp3) is 0.810. The minimum absolute atomic E-state index is 0.0879. The van der Waals surface area contributed by atoms with Crippen molar-refractivity contribution in [3.8, 4) is 0 Å². The number of aliphatic hydroxyl groups is 4. The molecule has 0 saturated carbocycles. The number of hydrogen-bond acceptors (Lipinski definition) is 9. The molecule has 2 fully saturated rings. The molecule has 10 heteroatoms. The van der Waals surface area contributed by atoms with Crippen LogP contribution >= 0.6 is 0 Å². The van der Waals surface area contributed by atoms with Gasteiger partial charge in [0.05, 0.1) is 25.0 Å². The summed E-state index contributed by atoms with van der Waals surface area (Å²) in [7, 11) is 0. The van der Waals surface area contributed by atoms with Crippen molar-refractivity contribution in [2.45, 2.75) is 76.8 Å². The Morgan fingerprint density at radius 2 is 1.94 bits per heavy atom. The number of ether oxygens (including phenoxy) is 3. The summed E-state index contributed by atoms with van der Waals surface area (Å²) >= 11 is 0. The zero-order valence-corrected chi connectivity index (χ0v) is 18.1. The van der Waals surface area contributed by atoms with E-state index in [2.05, 4.69) is 0 Å². The quantitative estimate of drug-likeness (QED) is 0.225. The normalized spacial score (nSPS) is 36.2. The Kier molecular flexibility index (Phi) is 9.41. The number of carbonyl (C=O) groups excluding carboxylic acids is 1. The smallest absolute Gasteiger partial charge is 0.309 e. The molecule has 0 radical (unpaired) electrons. The molecule has 5 N–H and O–H groups in total. The molecule has 2 heterocycles. The molecular formula is C21H34O10. The molecule has 0 unspecified atom stereocenters. The Morgan fingerprint density at radius 1 is 1.26 bits per heavy atom. The minimum atomic E-state index is -1.56. The summed E-state index contributed by atoms with van der Waals surface area (Å²) in [6.45, 7) is 4.59. The van der Waals surface area contributed by atoms with Gasteiger partial charge in [0.15, 0.2) is 6.29 Å². The number of carboxylic acid groups (broad SMARTS) is 1. The fourth-order valence-electron chi connectivity index (χ4n) is 3.78. The SMILES string of the molecule is C/C(=C/C[C@@H](CO[C@@H]1O[C@@H](CO)[C@@H](O)[C@@H](O)[C@@H]1O)[C@@H](C)C(=O)O)C[C@H]1C[C@@H](C)C(=O)O1. The van der Waals surface area contributed by atoms with Gasteiger partial charge in [0.2, 0.25) is 0 Å². The lowest BCUT2D eigenvalue weighted by molar-refractivity contribution is -0.303. The number of hydrogen-bond donors (Lipinski definition) is 5. The van der Waals surface area contributed by atoms with E-state index < -0.39 is 55.1 Å². The van der Waals surface area contributed by atoms with Gasteiger partial charge in [0.25, 0.3) is 0 Å². The van der Waals surface area contributed by atoms with Crippen LogP contribution in [0.3, 0.4) is 0 Å². The minimum Gasteiger partial charge on any atom is -0.481 e. The second-order valence-electron chi connectivity index (χ2n) is 8.60. The number of allylic oxidation sites excluding steroid dienone is 1. The Hall–Kier alpha value is -1.56. The Balaban J connectivity index is 1.97. The summed E-state index contributed by atoms with van der Waals surface area (Å²) in [5.41, 5.74) is 0.960. The Morgan fingerprint density at radius 3 is 2.48 bits per heavy atom. The second kappa shape index (κ2) is 11.3. The molecular weight excluding hydrogens is 412 g/mol. The fourth-order valence-corrected chi connectivity index (χ4v) is 3.78. The zero-order valence-electron chi connectivity index (χ0n) is 18.1. The van der Waals surface area contributed by atoms with E-state index in [0.717, 1.165) is 5.57 Å². The van der Waals surface area contributed by atoms with Gasteiger partial charge >= 0.3 is 11.9 Å². The first kappa shape index (κ1) is 25.7. The predicted molar refractivity (Wildman–Crippen MR) is 107 cm³/mol. The van der Waals surface area contributed by atoms with Gasteiger partial charge in [-0.05, 0) is 25.7 Å². The number of aliphatic hydroxyl groups excluding tert-OH is 4. The van der Waals surface area contributed by atoms with E-state index in [0.29, 0.717) is 19.3 Å². The molecule has 0 aromatic rings. The molecule has 0 aliphatic carbocycles. The van der Waals surface area contributed by atoms with Crippen LogP contribution in [-0.2, 0) is 23.8 Å². The molecule has 0 spiro atoms. The molecule has 178 valence electrons. The van der Waals surface area contributed by atoms with Crippen LogP contribution in [-0.4, -0.2) is 87.5 Å². The molecule has 0 aromatic carbocycles. The first-order chi connectivity index (χ1) is 14.5. The van der Waals surface area contributed by atoms with Crippen LogP contribution in [0.5, 0.6) is 0 Å². The van der Waals surface area contributed by atoms with Gasteiger partial charge in [-0.1, -0.05) is 25.5 Å². The number of carbonyl (C=O) groups is 2. The van der Waals surface area contributed by atoms with Crippen LogP contribution in [0.2, 0.25) is 0 Å². The van der Waals surface area contributed by atoms with Crippen LogP contribution in [0.4, 0.5) is 0 Å². The van der Waals surface area contributed by atoms with E-state index in [4.69, 9.17) is 14.2 Å². The average Bonchev–Trinajstić information content (AvgIpc) is 3.03. The number of carboxylic acids is 1. The maximum Gasteiger partial charge on any atom is 0.309 e. The van der Waals surface area contributed by atoms with Gasteiger partial charge in [-0.15, -0.1) is 0 Å². The molecule has 0 bridgehead atoms. The number of aliphatic carboxylic acids is 1. The van der Waals surface area contributed by atoms with Crippen LogP contribution in [0.15, 0.2) is 11.6 Å². The highest BCUT2D eigenvalue weighted by atomic mass is 16.7. The Labute approximate surface area is 181 Å². The Bertz CT molecular complexity index is 648. The highest BCUT2D eigenvalue weighted by Gasteiger charge is 2.44. The molecule has 31 heavy (non-hydrogen) atoms. The molecule has 2 aliphatic heterocycles. The van der Waals surface area contributed by atoms with Crippen molar-refractivity contribution in [1.82, 2.24) is 0 Å². The maximum atomic E-state index is 11.5. The molecule has 0 amide bonds.